The number of carbonyl (C=O) groups is 2. The van der Waals surface area contributed by atoms with Gasteiger partial charge in [0.15, 0.2) is 0 Å². The maximum atomic E-state index is 12.0. The molecule has 5 nitrogen and oxygen atoms in total. The number of nitrogens with one attached hydrogen (secondary N) is 1. The lowest BCUT2D eigenvalue weighted by atomic mass is 10.1. The highest BCUT2D eigenvalue weighted by molar-refractivity contribution is 6.02. The molecule has 0 aliphatic carbocycles. The van der Waals surface area contributed by atoms with E-state index in [-0.39, 0.29) is 5.70 Å². The number of carboxylic acid groups (broad SMARTS) is 1. The number of aliphatic carboxylic acids is 1. The van der Waals surface area contributed by atoms with Gasteiger partial charge in [-0.1, -0.05) is 30.3 Å². The molecular weight excluding hydrogens is 282 g/mol. The zero-order chi connectivity index (χ0) is 15.9. The minimum absolute atomic E-state index is 0.206. The minimum Gasteiger partial charge on any atom is -0.497 e. The van der Waals surface area contributed by atoms with E-state index < -0.39 is 11.9 Å². The topological polar surface area (TPSA) is 75.6 Å². The zero-order valence-corrected chi connectivity index (χ0v) is 11.9. The van der Waals surface area contributed by atoms with Crippen LogP contribution >= 0.6 is 0 Å². The number of ether oxygens (including phenoxy) is 1. The molecule has 2 aromatic rings. The summed E-state index contributed by atoms with van der Waals surface area (Å²) in [5.41, 5.74) is 0.799. The second kappa shape index (κ2) is 7.08. The van der Waals surface area contributed by atoms with E-state index in [1.165, 1.54) is 13.2 Å². The van der Waals surface area contributed by atoms with Crippen LogP contribution in [0.4, 0.5) is 0 Å². The predicted molar refractivity (Wildman–Crippen MR) is 82.5 cm³/mol. The van der Waals surface area contributed by atoms with Gasteiger partial charge < -0.3 is 15.2 Å². The number of rotatable bonds is 5. The molecule has 0 aromatic heterocycles. The Morgan fingerprint density at radius 1 is 1.09 bits per heavy atom. The largest absolute Gasteiger partial charge is 0.497 e. The Kier molecular flexibility index (Phi) is 4.93. The Labute approximate surface area is 127 Å². The van der Waals surface area contributed by atoms with Crippen LogP contribution in [0.2, 0.25) is 0 Å². The second-order valence-corrected chi connectivity index (χ2v) is 4.46. The molecule has 2 rings (SSSR count). The number of hydrogen-bond acceptors (Lipinski definition) is 3. The first-order valence-electron chi connectivity index (χ1n) is 6.55. The summed E-state index contributed by atoms with van der Waals surface area (Å²) in [7, 11) is 1.53. The highest BCUT2D eigenvalue weighted by Crippen LogP contribution is 2.15. The van der Waals surface area contributed by atoms with Gasteiger partial charge in [0, 0.05) is 5.56 Å². The molecule has 0 aliphatic rings. The predicted octanol–water partition coefficient (Wildman–Crippen LogP) is 2.55. The van der Waals surface area contributed by atoms with Crippen LogP contribution in [0, 0.1) is 0 Å². The lowest BCUT2D eigenvalue weighted by Gasteiger charge is -2.07. The molecule has 0 radical (unpaired) electrons. The van der Waals surface area contributed by atoms with Crippen molar-refractivity contribution in [3.8, 4) is 5.75 Å². The van der Waals surface area contributed by atoms with Crippen LogP contribution in [0.25, 0.3) is 6.08 Å². The fraction of sp³-hybridized carbons (Fsp3) is 0.0588. The number of benzene rings is 2. The first-order chi connectivity index (χ1) is 10.6. The van der Waals surface area contributed by atoms with Gasteiger partial charge in [0.2, 0.25) is 0 Å². The van der Waals surface area contributed by atoms with E-state index in [4.69, 9.17) is 4.74 Å². The van der Waals surface area contributed by atoms with Gasteiger partial charge in [-0.2, -0.15) is 0 Å². The Balaban J connectivity index is 2.24. The van der Waals surface area contributed by atoms with E-state index in [1.807, 2.05) is 0 Å². The van der Waals surface area contributed by atoms with Gasteiger partial charge >= 0.3 is 5.97 Å². The fourth-order valence-electron chi connectivity index (χ4n) is 1.83. The molecule has 2 aromatic carbocycles. The first kappa shape index (κ1) is 15.3. The molecule has 0 aliphatic heterocycles. The average Bonchev–Trinajstić information content (AvgIpc) is 2.55. The molecule has 112 valence electrons. The Bertz CT molecular complexity index is 708. The zero-order valence-electron chi connectivity index (χ0n) is 11.9. The van der Waals surface area contributed by atoms with E-state index in [1.54, 1.807) is 54.6 Å². The molecule has 0 heterocycles. The van der Waals surface area contributed by atoms with Crippen molar-refractivity contribution in [2.75, 3.05) is 7.11 Å². The van der Waals surface area contributed by atoms with E-state index in [0.717, 1.165) is 0 Å². The van der Waals surface area contributed by atoms with Crippen molar-refractivity contribution in [3.63, 3.8) is 0 Å². The molecule has 2 N–H and O–H groups in total. The van der Waals surface area contributed by atoms with Crippen LogP contribution in [0.5, 0.6) is 5.75 Å². The van der Waals surface area contributed by atoms with Crippen molar-refractivity contribution >= 4 is 18.0 Å². The van der Waals surface area contributed by atoms with Crippen molar-refractivity contribution in [2.45, 2.75) is 0 Å². The van der Waals surface area contributed by atoms with Crippen LogP contribution in [0.3, 0.4) is 0 Å². The summed E-state index contributed by atoms with van der Waals surface area (Å²) in [5, 5.41) is 11.6. The molecule has 0 atom stereocenters. The third-order valence-electron chi connectivity index (χ3n) is 2.92. The van der Waals surface area contributed by atoms with E-state index >= 15 is 0 Å². The molecule has 0 spiro atoms. The average molecular weight is 297 g/mol. The molecule has 0 unspecified atom stereocenters. The molecule has 0 bridgehead atoms. The number of carbonyl (C=O) groups excluding carboxylic acids is 1. The molecule has 1 amide bonds. The summed E-state index contributed by atoms with van der Waals surface area (Å²) in [6.07, 6.45) is 1.38. The van der Waals surface area contributed by atoms with Gasteiger partial charge in [-0.15, -0.1) is 0 Å². The molecular formula is C17H15NO4. The number of amides is 1. The standard InChI is InChI=1S/C17H15NO4/c1-22-14-9-5-6-12(10-14)11-15(17(20)21)18-16(19)13-7-3-2-4-8-13/h2-11H,1H3,(H,18,19)(H,20,21)/b15-11+. The number of hydrogen-bond donors (Lipinski definition) is 2. The van der Waals surface area contributed by atoms with Crippen LogP contribution in [0.15, 0.2) is 60.3 Å². The van der Waals surface area contributed by atoms with Crippen molar-refractivity contribution < 1.29 is 19.4 Å². The van der Waals surface area contributed by atoms with Gasteiger partial charge in [0.1, 0.15) is 11.4 Å². The van der Waals surface area contributed by atoms with E-state index in [9.17, 15) is 14.7 Å². The van der Waals surface area contributed by atoms with Crippen LogP contribution in [-0.4, -0.2) is 24.1 Å². The highest BCUT2D eigenvalue weighted by Gasteiger charge is 2.13. The van der Waals surface area contributed by atoms with Crippen LogP contribution in [0.1, 0.15) is 15.9 Å². The maximum absolute atomic E-state index is 12.0. The summed E-state index contributed by atoms with van der Waals surface area (Å²) in [5.74, 6) is -1.09. The lowest BCUT2D eigenvalue weighted by Crippen LogP contribution is -2.27. The normalized spacial score (nSPS) is 10.9. The Morgan fingerprint density at radius 2 is 1.82 bits per heavy atom. The summed E-state index contributed by atoms with van der Waals surface area (Å²) < 4.78 is 5.08. The van der Waals surface area contributed by atoms with Crippen LogP contribution < -0.4 is 10.1 Å². The van der Waals surface area contributed by atoms with Crippen molar-refractivity contribution in [2.24, 2.45) is 0 Å². The van der Waals surface area contributed by atoms with E-state index in [0.29, 0.717) is 16.9 Å². The summed E-state index contributed by atoms with van der Waals surface area (Å²) in [6, 6.07) is 15.3. The van der Waals surface area contributed by atoms with Crippen LogP contribution in [-0.2, 0) is 4.79 Å². The quantitative estimate of drug-likeness (QED) is 0.832. The van der Waals surface area contributed by atoms with Crippen molar-refractivity contribution in [1.82, 2.24) is 5.32 Å². The molecule has 0 saturated heterocycles. The second-order valence-electron chi connectivity index (χ2n) is 4.46. The van der Waals surface area contributed by atoms with Gasteiger partial charge in [-0.3, -0.25) is 4.79 Å². The number of carboxylic acids is 1. The number of methoxy groups -OCH3 is 1. The van der Waals surface area contributed by atoms with Gasteiger partial charge in [0.05, 0.1) is 7.11 Å². The lowest BCUT2D eigenvalue weighted by molar-refractivity contribution is -0.132. The Morgan fingerprint density at radius 3 is 2.45 bits per heavy atom. The minimum atomic E-state index is -1.22. The molecule has 5 heteroatoms. The van der Waals surface area contributed by atoms with Gasteiger partial charge in [-0.05, 0) is 35.9 Å². The summed E-state index contributed by atoms with van der Waals surface area (Å²) >= 11 is 0. The molecule has 0 fully saturated rings. The maximum Gasteiger partial charge on any atom is 0.352 e. The Hall–Kier alpha value is -3.08. The monoisotopic (exact) mass is 297 g/mol. The highest BCUT2D eigenvalue weighted by atomic mass is 16.5. The SMILES string of the molecule is COc1cccc(/C=C(/NC(=O)c2ccccc2)C(=O)O)c1. The fourth-order valence-corrected chi connectivity index (χ4v) is 1.83. The molecule has 22 heavy (non-hydrogen) atoms. The summed E-state index contributed by atoms with van der Waals surface area (Å²) in [4.78, 5) is 23.3. The van der Waals surface area contributed by atoms with Gasteiger partial charge in [-0.25, -0.2) is 4.79 Å². The summed E-state index contributed by atoms with van der Waals surface area (Å²) in [6.45, 7) is 0. The third kappa shape index (κ3) is 3.96. The van der Waals surface area contributed by atoms with Crippen molar-refractivity contribution in [1.29, 1.82) is 0 Å². The smallest absolute Gasteiger partial charge is 0.352 e. The third-order valence-corrected chi connectivity index (χ3v) is 2.92. The van der Waals surface area contributed by atoms with Crippen molar-refractivity contribution in [3.05, 3.63) is 71.4 Å². The first-order valence-corrected chi connectivity index (χ1v) is 6.55. The molecule has 0 saturated carbocycles. The van der Waals surface area contributed by atoms with Gasteiger partial charge in [0.25, 0.3) is 5.91 Å². The van der Waals surface area contributed by atoms with E-state index in [2.05, 4.69) is 5.32 Å².